The van der Waals surface area contributed by atoms with E-state index in [-0.39, 0.29) is 18.0 Å². The lowest BCUT2D eigenvalue weighted by molar-refractivity contribution is 0.323. The van der Waals surface area contributed by atoms with Crippen LogP contribution in [-0.2, 0) is 10.0 Å². The van der Waals surface area contributed by atoms with Crippen molar-refractivity contribution >= 4 is 44.8 Å². The Balaban J connectivity index is 1.87. The van der Waals surface area contributed by atoms with Crippen molar-refractivity contribution in [1.82, 2.24) is 4.72 Å². The van der Waals surface area contributed by atoms with Crippen LogP contribution in [0.15, 0.2) is 47.4 Å². The molecule has 8 heteroatoms. The summed E-state index contributed by atoms with van der Waals surface area (Å²) in [4.78, 5) is 0.145. The average Bonchev–Trinajstić information content (AvgIpc) is 2.48. The topological polar surface area (TPSA) is 55.4 Å². The van der Waals surface area contributed by atoms with Crippen molar-refractivity contribution in [3.05, 3.63) is 57.5 Å². The highest BCUT2D eigenvalue weighted by atomic mass is 35.5. The number of hydrogen-bond acceptors (Lipinski definition) is 3. The van der Waals surface area contributed by atoms with E-state index < -0.39 is 10.0 Å². The van der Waals surface area contributed by atoms with E-state index in [0.29, 0.717) is 20.8 Å². The summed E-state index contributed by atoms with van der Waals surface area (Å²) in [7, 11) is -3.58. The number of nitrogens with one attached hydrogen (secondary N) is 1. The van der Waals surface area contributed by atoms with Gasteiger partial charge in [0.15, 0.2) is 0 Å². The zero-order chi connectivity index (χ0) is 16.2. The maximum absolute atomic E-state index is 12.0. The van der Waals surface area contributed by atoms with Crippen LogP contribution in [0.25, 0.3) is 0 Å². The predicted octanol–water partition coefficient (Wildman–Crippen LogP) is 4.00. The molecule has 2 rings (SSSR count). The summed E-state index contributed by atoms with van der Waals surface area (Å²) in [5, 5.41) is 1.28. The highest BCUT2D eigenvalue weighted by Gasteiger charge is 2.12. The Hall–Kier alpha value is -0.980. The second-order valence-electron chi connectivity index (χ2n) is 4.28. The molecule has 0 aliphatic carbocycles. The molecule has 2 aromatic carbocycles. The SMILES string of the molecule is O=S(=O)(NCCOc1ccc(Cl)c(Cl)c1)c1ccc(Cl)cc1. The summed E-state index contributed by atoms with van der Waals surface area (Å²) in [5.41, 5.74) is 0. The first-order valence-electron chi connectivity index (χ1n) is 6.21. The molecule has 22 heavy (non-hydrogen) atoms. The lowest BCUT2D eigenvalue weighted by Crippen LogP contribution is -2.28. The van der Waals surface area contributed by atoms with Crippen molar-refractivity contribution in [3.63, 3.8) is 0 Å². The lowest BCUT2D eigenvalue weighted by Gasteiger charge is -2.09. The van der Waals surface area contributed by atoms with E-state index in [1.165, 1.54) is 24.3 Å². The molecule has 0 bridgehead atoms. The molecule has 2 aromatic rings. The molecule has 0 amide bonds. The van der Waals surface area contributed by atoms with Crippen molar-refractivity contribution in [2.24, 2.45) is 0 Å². The van der Waals surface area contributed by atoms with Gasteiger partial charge in [-0.1, -0.05) is 34.8 Å². The number of halogens is 3. The third-order valence-corrected chi connectivity index (χ3v) is 5.15. The molecule has 0 heterocycles. The fraction of sp³-hybridized carbons (Fsp3) is 0.143. The van der Waals surface area contributed by atoms with E-state index in [1.807, 2.05) is 0 Å². The van der Waals surface area contributed by atoms with Crippen molar-refractivity contribution < 1.29 is 13.2 Å². The Morgan fingerprint density at radius 1 is 0.955 bits per heavy atom. The maximum atomic E-state index is 12.0. The Kier molecular flexibility index (Phi) is 5.94. The van der Waals surface area contributed by atoms with Gasteiger partial charge in [-0.2, -0.15) is 0 Å². The lowest BCUT2D eigenvalue weighted by atomic mass is 10.3. The minimum absolute atomic E-state index is 0.116. The third kappa shape index (κ3) is 4.76. The minimum atomic E-state index is -3.58. The Morgan fingerprint density at radius 2 is 1.64 bits per heavy atom. The minimum Gasteiger partial charge on any atom is -0.492 e. The Morgan fingerprint density at radius 3 is 2.27 bits per heavy atom. The van der Waals surface area contributed by atoms with Crippen LogP contribution >= 0.6 is 34.8 Å². The van der Waals surface area contributed by atoms with Crippen LogP contribution in [0.1, 0.15) is 0 Å². The van der Waals surface area contributed by atoms with E-state index in [0.717, 1.165) is 0 Å². The molecule has 0 radical (unpaired) electrons. The van der Waals surface area contributed by atoms with Gasteiger partial charge in [0.05, 0.1) is 14.9 Å². The van der Waals surface area contributed by atoms with Crippen LogP contribution in [0.5, 0.6) is 5.75 Å². The second-order valence-corrected chi connectivity index (χ2v) is 7.29. The average molecular weight is 381 g/mol. The van der Waals surface area contributed by atoms with E-state index in [2.05, 4.69) is 4.72 Å². The van der Waals surface area contributed by atoms with Gasteiger partial charge >= 0.3 is 0 Å². The summed E-state index contributed by atoms with van der Waals surface area (Å²) in [6, 6.07) is 10.7. The van der Waals surface area contributed by atoms with E-state index in [9.17, 15) is 8.42 Å². The van der Waals surface area contributed by atoms with Crippen LogP contribution in [0.3, 0.4) is 0 Å². The van der Waals surface area contributed by atoms with Gasteiger partial charge in [0, 0.05) is 17.6 Å². The van der Waals surface area contributed by atoms with Gasteiger partial charge in [-0.25, -0.2) is 13.1 Å². The molecule has 0 unspecified atom stereocenters. The highest BCUT2D eigenvalue weighted by Crippen LogP contribution is 2.26. The fourth-order valence-electron chi connectivity index (χ4n) is 1.61. The maximum Gasteiger partial charge on any atom is 0.240 e. The van der Waals surface area contributed by atoms with E-state index in [1.54, 1.807) is 18.2 Å². The first-order valence-corrected chi connectivity index (χ1v) is 8.83. The van der Waals surface area contributed by atoms with Crippen LogP contribution < -0.4 is 9.46 Å². The quantitative estimate of drug-likeness (QED) is 0.771. The normalized spacial score (nSPS) is 11.4. The summed E-state index contributed by atoms with van der Waals surface area (Å²) in [5.74, 6) is 0.514. The molecule has 4 nitrogen and oxygen atoms in total. The van der Waals surface area contributed by atoms with E-state index >= 15 is 0 Å². The van der Waals surface area contributed by atoms with Gasteiger partial charge < -0.3 is 4.74 Å². The van der Waals surface area contributed by atoms with Crippen LogP contribution in [0.4, 0.5) is 0 Å². The number of rotatable bonds is 6. The molecular weight excluding hydrogens is 369 g/mol. The fourth-order valence-corrected chi connectivity index (χ4v) is 3.04. The smallest absolute Gasteiger partial charge is 0.240 e. The first kappa shape index (κ1) is 17.4. The van der Waals surface area contributed by atoms with Crippen molar-refractivity contribution in [2.45, 2.75) is 4.90 Å². The largest absolute Gasteiger partial charge is 0.492 e. The van der Waals surface area contributed by atoms with Gasteiger partial charge in [-0.05, 0) is 36.4 Å². The molecule has 0 aliphatic rings. The molecule has 0 saturated heterocycles. The summed E-state index contributed by atoms with van der Waals surface area (Å²) < 4.78 is 31.8. The zero-order valence-corrected chi connectivity index (χ0v) is 14.3. The molecule has 0 aromatic heterocycles. The molecule has 0 fully saturated rings. The first-order chi connectivity index (χ1) is 10.4. The molecule has 0 atom stereocenters. The summed E-state index contributed by atoms with van der Waals surface area (Å²) in [6.45, 7) is 0.274. The predicted molar refractivity (Wildman–Crippen MR) is 88.6 cm³/mol. The van der Waals surface area contributed by atoms with Gasteiger partial charge in [-0.3, -0.25) is 0 Å². The molecule has 0 saturated carbocycles. The molecule has 118 valence electrons. The molecular formula is C14H12Cl3NO3S. The van der Waals surface area contributed by atoms with Crippen LogP contribution in [0.2, 0.25) is 15.1 Å². The number of benzene rings is 2. The van der Waals surface area contributed by atoms with Gasteiger partial charge in [0.1, 0.15) is 12.4 Å². The molecule has 0 spiro atoms. The third-order valence-electron chi connectivity index (χ3n) is 2.68. The van der Waals surface area contributed by atoms with Crippen molar-refractivity contribution in [2.75, 3.05) is 13.2 Å². The van der Waals surface area contributed by atoms with Crippen molar-refractivity contribution in [1.29, 1.82) is 0 Å². The number of hydrogen-bond donors (Lipinski definition) is 1. The van der Waals surface area contributed by atoms with Gasteiger partial charge in [0.25, 0.3) is 0 Å². The Bertz CT molecular complexity index is 748. The van der Waals surface area contributed by atoms with Gasteiger partial charge in [-0.15, -0.1) is 0 Å². The van der Waals surface area contributed by atoms with Crippen LogP contribution in [-0.4, -0.2) is 21.6 Å². The molecule has 1 N–H and O–H groups in total. The number of sulfonamides is 1. The number of ether oxygens (including phenoxy) is 1. The standard InChI is InChI=1S/C14H12Cl3NO3S/c15-10-1-4-12(5-2-10)22(19,20)18-7-8-21-11-3-6-13(16)14(17)9-11/h1-6,9,18H,7-8H2. The highest BCUT2D eigenvalue weighted by molar-refractivity contribution is 7.89. The summed E-state index contributed by atoms with van der Waals surface area (Å²) >= 11 is 17.4. The zero-order valence-electron chi connectivity index (χ0n) is 11.2. The monoisotopic (exact) mass is 379 g/mol. The van der Waals surface area contributed by atoms with Crippen LogP contribution in [0, 0.1) is 0 Å². The Labute approximate surface area is 144 Å². The second kappa shape index (κ2) is 7.53. The van der Waals surface area contributed by atoms with Gasteiger partial charge in [0.2, 0.25) is 10.0 Å². The molecule has 0 aliphatic heterocycles. The van der Waals surface area contributed by atoms with Crippen molar-refractivity contribution in [3.8, 4) is 5.75 Å². The summed E-state index contributed by atoms with van der Waals surface area (Å²) in [6.07, 6.45) is 0. The van der Waals surface area contributed by atoms with E-state index in [4.69, 9.17) is 39.5 Å².